The lowest BCUT2D eigenvalue weighted by atomic mass is 10.0. The number of aryl methyl sites for hydroxylation is 1. The maximum absolute atomic E-state index is 12.7. The standard InChI is InChI=1S/C17H20N6O/c1-5-8-23-14-7-6-12(10(2)3)9-13(14)11(4)15(23)16(24)18-17-19-21-22-20-17/h5-7,9-10H,1,8H2,2-4H3,(H2,18,19,20,21,22,24). The Morgan fingerprint density at radius 2 is 2.25 bits per heavy atom. The van der Waals surface area contributed by atoms with E-state index in [0.717, 1.165) is 16.5 Å². The molecule has 2 aromatic heterocycles. The van der Waals surface area contributed by atoms with Gasteiger partial charge in [0.05, 0.1) is 0 Å². The van der Waals surface area contributed by atoms with E-state index in [4.69, 9.17) is 0 Å². The first-order valence-electron chi connectivity index (χ1n) is 7.81. The molecule has 0 bridgehead atoms. The maximum atomic E-state index is 12.7. The number of rotatable bonds is 5. The highest BCUT2D eigenvalue weighted by Gasteiger charge is 2.21. The molecule has 0 saturated heterocycles. The second kappa shape index (κ2) is 6.27. The second-order valence-electron chi connectivity index (χ2n) is 5.99. The van der Waals surface area contributed by atoms with Crippen LogP contribution in [0.25, 0.3) is 10.9 Å². The minimum atomic E-state index is -0.266. The number of hydrogen-bond donors (Lipinski definition) is 2. The molecule has 0 saturated carbocycles. The van der Waals surface area contributed by atoms with Crippen molar-refractivity contribution in [2.24, 2.45) is 0 Å². The van der Waals surface area contributed by atoms with Crippen molar-refractivity contribution in [1.29, 1.82) is 0 Å². The van der Waals surface area contributed by atoms with Crippen LogP contribution in [0, 0.1) is 6.92 Å². The van der Waals surface area contributed by atoms with E-state index in [0.29, 0.717) is 18.2 Å². The zero-order chi connectivity index (χ0) is 17.3. The summed E-state index contributed by atoms with van der Waals surface area (Å²) in [7, 11) is 0. The summed E-state index contributed by atoms with van der Waals surface area (Å²) < 4.78 is 1.96. The van der Waals surface area contributed by atoms with Crippen LogP contribution in [0.1, 0.15) is 41.4 Å². The van der Waals surface area contributed by atoms with Crippen LogP contribution in [0.4, 0.5) is 5.95 Å². The molecule has 0 unspecified atom stereocenters. The summed E-state index contributed by atoms with van der Waals surface area (Å²) >= 11 is 0. The van der Waals surface area contributed by atoms with Crippen molar-refractivity contribution in [3.63, 3.8) is 0 Å². The molecular weight excluding hydrogens is 304 g/mol. The first-order valence-corrected chi connectivity index (χ1v) is 7.81. The Hall–Kier alpha value is -2.96. The number of tetrazole rings is 1. The van der Waals surface area contributed by atoms with Gasteiger partial charge in [-0.25, -0.2) is 0 Å². The molecule has 24 heavy (non-hydrogen) atoms. The summed E-state index contributed by atoms with van der Waals surface area (Å²) in [5.41, 5.74) is 3.76. The number of benzene rings is 1. The van der Waals surface area contributed by atoms with Gasteiger partial charge in [-0.3, -0.25) is 10.1 Å². The van der Waals surface area contributed by atoms with E-state index in [1.165, 1.54) is 5.56 Å². The monoisotopic (exact) mass is 324 g/mol. The third kappa shape index (κ3) is 2.68. The summed E-state index contributed by atoms with van der Waals surface area (Å²) in [6, 6.07) is 6.32. The highest BCUT2D eigenvalue weighted by Crippen LogP contribution is 2.29. The van der Waals surface area contributed by atoms with Gasteiger partial charge >= 0.3 is 0 Å². The zero-order valence-corrected chi connectivity index (χ0v) is 14.0. The van der Waals surface area contributed by atoms with Crippen LogP contribution in [0.3, 0.4) is 0 Å². The second-order valence-corrected chi connectivity index (χ2v) is 5.99. The molecule has 0 atom stereocenters. The van der Waals surface area contributed by atoms with Gasteiger partial charge in [0.1, 0.15) is 5.69 Å². The van der Waals surface area contributed by atoms with Gasteiger partial charge in [0, 0.05) is 17.4 Å². The van der Waals surface area contributed by atoms with Crippen LogP contribution in [0.2, 0.25) is 0 Å². The number of allylic oxidation sites excluding steroid dienone is 1. The number of nitrogens with zero attached hydrogens (tertiary/aromatic N) is 4. The first-order chi connectivity index (χ1) is 11.5. The predicted molar refractivity (Wildman–Crippen MR) is 93.1 cm³/mol. The minimum absolute atomic E-state index is 0.151. The summed E-state index contributed by atoms with van der Waals surface area (Å²) in [6.07, 6.45) is 1.78. The Kier molecular flexibility index (Phi) is 4.16. The highest BCUT2D eigenvalue weighted by atomic mass is 16.2. The van der Waals surface area contributed by atoms with Gasteiger partial charge in [-0.15, -0.1) is 11.7 Å². The first kappa shape index (κ1) is 15.9. The number of hydrogen-bond acceptors (Lipinski definition) is 4. The minimum Gasteiger partial charge on any atom is -0.332 e. The van der Waals surface area contributed by atoms with Crippen molar-refractivity contribution in [3.05, 3.63) is 47.7 Å². The number of carbonyl (C=O) groups excluding carboxylic acids is 1. The smallest absolute Gasteiger partial charge is 0.275 e. The van der Waals surface area contributed by atoms with Crippen LogP contribution in [-0.4, -0.2) is 31.1 Å². The summed E-state index contributed by atoms with van der Waals surface area (Å²) in [5.74, 6) is 0.309. The van der Waals surface area contributed by atoms with Gasteiger partial charge in [0.15, 0.2) is 0 Å². The topological polar surface area (TPSA) is 88.5 Å². The van der Waals surface area contributed by atoms with E-state index in [2.05, 4.69) is 64.6 Å². The number of aromatic amines is 1. The Morgan fingerprint density at radius 1 is 1.46 bits per heavy atom. The van der Waals surface area contributed by atoms with E-state index in [1.807, 2.05) is 11.5 Å². The van der Waals surface area contributed by atoms with E-state index in [1.54, 1.807) is 6.08 Å². The third-order valence-corrected chi connectivity index (χ3v) is 4.10. The van der Waals surface area contributed by atoms with Crippen LogP contribution in [-0.2, 0) is 6.54 Å². The van der Waals surface area contributed by atoms with Crippen molar-refractivity contribution < 1.29 is 4.79 Å². The molecule has 1 aromatic carbocycles. The highest BCUT2D eigenvalue weighted by molar-refractivity contribution is 6.07. The van der Waals surface area contributed by atoms with Crippen LogP contribution in [0.15, 0.2) is 30.9 Å². The van der Waals surface area contributed by atoms with Gasteiger partial charge in [0.25, 0.3) is 11.9 Å². The number of carbonyl (C=O) groups is 1. The molecule has 3 aromatic rings. The number of H-pyrrole nitrogens is 1. The molecular formula is C17H20N6O. The van der Waals surface area contributed by atoms with Gasteiger partial charge in [-0.1, -0.05) is 31.1 Å². The Labute approximate surface area is 139 Å². The SMILES string of the molecule is C=CCn1c(C(=O)Nc2nn[nH]n2)c(C)c2cc(C(C)C)ccc21. The van der Waals surface area contributed by atoms with Crippen molar-refractivity contribution in [2.45, 2.75) is 33.2 Å². The molecule has 2 N–H and O–H groups in total. The van der Waals surface area contributed by atoms with E-state index >= 15 is 0 Å². The number of anilines is 1. The molecule has 0 radical (unpaired) electrons. The lowest BCUT2D eigenvalue weighted by Crippen LogP contribution is -2.18. The largest absolute Gasteiger partial charge is 0.332 e. The molecule has 0 aliphatic rings. The number of nitrogens with one attached hydrogen (secondary N) is 2. The summed E-state index contributed by atoms with van der Waals surface area (Å²) in [6.45, 7) is 10.6. The number of amides is 1. The molecule has 1 amide bonds. The number of aromatic nitrogens is 5. The fraction of sp³-hybridized carbons (Fsp3) is 0.294. The van der Waals surface area contributed by atoms with Gasteiger partial charge < -0.3 is 4.57 Å². The van der Waals surface area contributed by atoms with Crippen molar-refractivity contribution in [1.82, 2.24) is 25.2 Å². The Bertz CT molecular complexity index is 892. The van der Waals surface area contributed by atoms with Crippen LogP contribution >= 0.6 is 0 Å². The molecule has 7 heteroatoms. The zero-order valence-electron chi connectivity index (χ0n) is 14.0. The molecule has 0 aliphatic heterocycles. The van der Waals surface area contributed by atoms with Gasteiger partial charge in [-0.05, 0) is 41.3 Å². The maximum Gasteiger partial charge on any atom is 0.275 e. The average Bonchev–Trinajstić information content (AvgIpc) is 3.15. The van der Waals surface area contributed by atoms with E-state index < -0.39 is 0 Å². The van der Waals surface area contributed by atoms with E-state index in [-0.39, 0.29) is 11.9 Å². The predicted octanol–water partition coefficient (Wildman–Crippen LogP) is 3.02. The normalized spacial score (nSPS) is 11.2. The Balaban J connectivity index is 2.14. The lowest BCUT2D eigenvalue weighted by molar-refractivity contribution is 0.101. The molecule has 0 fully saturated rings. The molecule has 124 valence electrons. The molecule has 7 nitrogen and oxygen atoms in total. The van der Waals surface area contributed by atoms with Gasteiger partial charge in [0.2, 0.25) is 0 Å². The Morgan fingerprint density at radius 3 is 2.88 bits per heavy atom. The lowest BCUT2D eigenvalue weighted by Gasteiger charge is -2.09. The molecule has 2 heterocycles. The molecule has 0 spiro atoms. The van der Waals surface area contributed by atoms with E-state index in [9.17, 15) is 4.79 Å². The van der Waals surface area contributed by atoms with Crippen molar-refractivity contribution in [2.75, 3.05) is 5.32 Å². The fourth-order valence-electron chi connectivity index (χ4n) is 2.89. The van der Waals surface area contributed by atoms with Crippen LogP contribution < -0.4 is 5.32 Å². The third-order valence-electron chi connectivity index (χ3n) is 4.10. The number of fused-ring (bicyclic) bond motifs is 1. The molecule has 3 rings (SSSR count). The average molecular weight is 324 g/mol. The fourth-order valence-corrected chi connectivity index (χ4v) is 2.89. The molecule has 0 aliphatic carbocycles. The quantitative estimate of drug-likeness (QED) is 0.706. The van der Waals surface area contributed by atoms with Gasteiger partial charge in [-0.2, -0.15) is 5.21 Å². The van der Waals surface area contributed by atoms with Crippen LogP contribution in [0.5, 0.6) is 0 Å². The summed E-state index contributed by atoms with van der Waals surface area (Å²) in [4.78, 5) is 12.7. The summed E-state index contributed by atoms with van der Waals surface area (Å²) in [5, 5.41) is 17.0. The van der Waals surface area contributed by atoms with Crippen molar-refractivity contribution >= 4 is 22.8 Å². The van der Waals surface area contributed by atoms with Crippen molar-refractivity contribution in [3.8, 4) is 0 Å².